The van der Waals surface area contributed by atoms with E-state index < -0.39 is 16.0 Å². The van der Waals surface area contributed by atoms with Crippen LogP contribution in [-0.2, 0) is 27.8 Å². The minimum Gasteiger partial charge on any atom is -0.481 e. The molecule has 27 heavy (non-hydrogen) atoms. The molecule has 2 aromatic rings. The summed E-state index contributed by atoms with van der Waals surface area (Å²) in [6.45, 7) is 2.44. The average Bonchev–Trinajstić information content (AvgIpc) is 2.65. The standard InChI is InChI=1S/C20H24N2O4S/c23-20(24)11-4-5-13-22-14-12-18-16(15-22)7-6-10-19(18)21-27(25,26)17-8-2-1-3-9-17/h1-3,6-10,21H,4-5,11-15H2,(H,23,24). The van der Waals surface area contributed by atoms with Gasteiger partial charge in [0.25, 0.3) is 10.0 Å². The smallest absolute Gasteiger partial charge is 0.303 e. The highest BCUT2D eigenvalue weighted by Gasteiger charge is 2.21. The van der Waals surface area contributed by atoms with Crippen LogP contribution in [0.15, 0.2) is 53.4 Å². The van der Waals surface area contributed by atoms with Crippen molar-refractivity contribution in [1.29, 1.82) is 0 Å². The van der Waals surface area contributed by atoms with Crippen LogP contribution in [0.2, 0.25) is 0 Å². The van der Waals surface area contributed by atoms with E-state index in [0.717, 1.165) is 43.6 Å². The quantitative estimate of drug-likeness (QED) is 0.679. The summed E-state index contributed by atoms with van der Waals surface area (Å²) >= 11 is 0. The van der Waals surface area contributed by atoms with Gasteiger partial charge in [-0.1, -0.05) is 30.3 Å². The third-order valence-corrected chi connectivity index (χ3v) is 6.14. The van der Waals surface area contributed by atoms with Crippen molar-refractivity contribution in [3.05, 3.63) is 59.7 Å². The molecule has 7 heteroatoms. The van der Waals surface area contributed by atoms with Gasteiger partial charge in [0.2, 0.25) is 0 Å². The Morgan fingerprint density at radius 1 is 1.07 bits per heavy atom. The minimum atomic E-state index is -3.61. The highest BCUT2D eigenvalue weighted by molar-refractivity contribution is 7.92. The van der Waals surface area contributed by atoms with Gasteiger partial charge in [-0.25, -0.2) is 8.42 Å². The molecule has 1 aliphatic rings. The fraction of sp³-hybridized carbons (Fsp3) is 0.350. The number of anilines is 1. The van der Waals surface area contributed by atoms with Gasteiger partial charge in [0.1, 0.15) is 0 Å². The van der Waals surface area contributed by atoms with Crippen LogP contribution in [0.3, 0.4) is 0 Å². The lowest BCUT2D eigenvalue weighted by atomic mass is 9.98. The number of nitrogens with one attached hydrogen (secondary N) is 1. The summed E-state index contributed by atoms with van der Waals surface area (Å²) in [5.74, 6) is -0.755. The molecule has 144 valence electrons. The maximum atomic E-state index is 12.6. The van der Waals surface area contributed by atoms with E-state index in [1.165, 1.54) is 0 Å². The molecular weight excluding hydrogens is 364 g/mol. The molecule has 2 N–H and O–H groups in total. The van der Waals surface area contributed by atoms with Crippen molar-refractivity contribution in [3.8, 4) is 0 Å². The molecular formula is C20H24N2O4S. The first-order chi connectivity index (χ1) is 13.0. The van der Waals surface area contributed by atoms with E-state index in [-0.39, 0.29) is 11.3 Å². The Morgan fingerprint density at radius 2 is 1.85 bits per heavy atom. The molecule has 0 fully saturated rings. The molecule has 6 nitrogen and oxygen atoms in total. The largest absolute Gasteiger partial charge is 0.481 e. The van der Waals surface area contributed by atoms with E-state index in [0.29, 0.717) is 12.1 Å². The normalized spacial score (nSPS) is 14.5. The average molecular weight is 388 g/mol. The third-order valence-electron chi connectivity index (χ3n) is 4.76. The van der Waals surface area contributed by atoms with E-state index in [9.17, 15) is 13.2 Å². The summed E-state index contributed by atoms with van der Waals surface area (Å²) in [6.07, 6.45) is 2.50. The Morgan fingerprint density at radius 3 is 2.59 bits per heavy atom. The molecule has 0 aromatic heterocycles. The van der Waals surface area contributed by atoms with E-state index in [1.807, 2.05) is 18.2 Å². The number of fused-ring (bicyclic) bond motifs is 1. The van der Waals surface area contributed by atoms with Crippen LogP contribution in [-0.4, -0.2) is 37.5 Å². The van der Waals surface area contributed by atoms with Crippen LogP contribution in [0, 0.1) is 0 Å². The Hall–Kier alpha value is -2.38. The third kappa shape index (κ3) is 5.08. The predicted octanol–water partition coefficient (Wildman–Crippen LogP) is 3.10. The van der Waals surface area contributed by atoms with E-state index >= 15 is 0 Å². The van der Waals surface area contributed by atoms with Gasteiger partial charge >= 0.3 is 5.97 Å². The molecule has 3 rings (SSSR count). The van der Waals surface area contributed by atoms with Crippen molar-refractivity contribution < 1.29 is 18.3 Å². The van der Waals surface area contributed by atoms with Crippen molar-refractivity contribution in [2.24, 2.45) is 0 Å². The number of carboxylic acid groups (broad SMARTS) is 1. The summed E-state index contributed by atoms with van der Waals surface area (Å²) in [5.41, 5.74) is 2.80. The molecule has 0 radical (unpaired) electrons. The van der Waals surface area contributed by atoms with Gasteiger partial charge in [0, 0.05) is 19.5 Å². The lowest BCUT2D eigenvalue weighted by Crippen LogP contribution is -2.32. The van der Waals surface area contributed by atoms with Crippen LogP contribution in [0.25, 0.3) is 0 Å². The summed E-state index contributed by atoms with van der Waals surface area (Å²) in [6, 6.07) is 14.1. The Labute approximate surface area is 159 Å². The molecule has 0 saturated carbocycles. The Balaban J connectivity index is 1.68. The summed E-state index contributed by atoms with van der Waals surface area (Å²) in [7, 11) is -3.61. The number of aliphatic carboxylic acids is 1. The first-order valence-electron chi connectivity index (χ1n) is 9.08. The molecule has 0 aliphatic carbocycles. The van der Waals surface area contributed by atoms with Gasteiger partial charge < -0.3 is 5.11 Å². The van der Waals surface area contributed by atoms with Gasteiger partial charge in [-0.3, -0.25) is 14.4 Å². The molecule has 1 aliphatic heterocycles. The number of carbonyl (C=O) groups is 1. The van der Waals surface area contributed by atoms with Crippen LogP contribution in [0.5, 0.6) is 0 Å². The molecule has 0 spiro atoms. The first-order valence-corrected chi connectivity index (χ1v) is 10.6. The summed E-state index contributed by atoms with van der Waals surface area (Å²) < 4.78 is 28.0. The van der Waals surface area contributed by atoms with Crippen molar-refractivity contribution >= 4 is 21.7 Å². The maximum absolute atomic E-state index is 12.6. The van der Waals surface area contributed by atoms with E-state index in [4.69, 9.17) is 5.11 Å². The predicted molar refractivity (Wildman–Crippen MR) is 104 cm³/mol. The highest BCUT2D eigenvalue weighted by atomic mass is 32.2. The maximum Gasteiger partial charge on any atom is 0.303 e. The molecule has 1 heterocycles. The van der Waals surface area contributed by atoms with Crippen molar-refractivity contribution in [1.82, 2.24) is 4.90 Å². The Kier molecular flexibility index (Phi) is 6.13. The molecule has 2 aromatic carbocycles. The summed E-state index contributed by atoms with van der Waals surface area (Å²) in [4.78, 5) is 13.1. The van der Waals surface area contributed by atoms with Crippen molar-refractivity contribution in [2.45, 2.75) is 37.1 Å². The van der Waals surface area contributed by atoms with Crippen LogP contribution in [0.4, 0.5) is 5.69 Å². The second-order valence-electron chi connectivity index (χ2n) is 6.74. The van der Waals surface area contributed by atoms with E-state index in [2.05, 4.69) is 9.62 Å². The number of carboxylic acids is 1. The zero-order valence-electron chi connectivity index (χ0n) is 15.1. The second kappa shape index (κ2) is 8.54. The number of nitrogens with zero attached hydrogens (tertiary/aromatic N) is 1. The number of hydrogen-bond donors (Lipinski definition) is 2. The summed E-state index contributed by atoms with van der Waals surface area (Å²) in [5, 5.41) is 8.72. The number of sulfonamides is 1. The zero-order chi connectivity index (χ0) is 19.3. The Bertz CT molecular complexity index is 897. The van der Waals surface area contributed by atoms with Crippen molar-refractivity contribution in [3.63, 3.8) is 0 Å². The van der Waals surface area contributed by atoms with Crippen LogP contribution < -0.4 is 4.72 Å². The van der Waals surface area contributed by atoms with Gasteiger partial charge in [-0.05, 0) is 55.1 Å². The van der Waals surface area contributed by atoms with Crippen molar-refractivity contribution in [2.75, 3.05) is 17.8 Å². The zero-order valence-corrected chi connectivity index (χ0v) is 15.9. The first kappa shape index (κ1) is 19.4. The van der Waals surface area contributed by atoms with E-state index in [1.54, 1.807) is 30.3 Å². The number of rotatable bonds is 8. The van der Waals surface area contributed by atoms with Gasteiger partial charge in [-0.15, -0.1) is 0 Å². The lowest BCUT2D eigenvalue weighted by Gasteiger charge is -2.30. The monoisotopic (exact) mass is 388 g/mol. The molecule has 0 atom stereocenters. The SMILES string of the molecule is O=C(O)CCCCN1CCc2c(cccc2NS(=O)(=O)c2ccccc2)C1. The second-order valence-corrected chi connectivity index (χ2v) is 8.42. The lowest BCUT2D eigenvalue weighted by molar-refractivity contribution is -0.137. The molecule has 0 saturated heterocycles. The highest BCUT2D eigenvalue weighted by Crippen LogP contribution is 2.28. The fourth-order valence-electron chi connectivity index (χ4n) is 3.37. The van der Waals surface area contributed by atoms with Gasteiger partial charge in [0.15, 0.2) is 0 Å². The number of benzene rings is 2. The minimum absolute atomic E-state index is 0.204. The number of unbranched alkanes of at least 4 members (excludes halogenated alkanes) is 1. The fourth-order valence-corrected chi connectivity index (χ4v) is 4.48. The topological polar surface area (TPSA) is 86.7 Å². The van der Waals surface area contributed by atoms with Gasteiger partial charge in [-0.2, -0.15) is 0 Å². The molecule has 0 unspecified atom stereocenters. The molecule has 0 amide bonds. The van der Waals surface area contributed by atoms with Crippen LogP contribution in [0.1, 0.15) is 30.4 Å². The number of hydrogen-bond acceptors (Lipinski definition) is 4. The van der Waals surface area contributed by atoms with Crippen LogP contribution >= 0.6 is 0 Å². The van der Waals surface area contributed by atoms with Gasteiger partial charge in [0.05, 0.1) is 10.6 Å². The molecule has 0 bridgehead atoms.